The molecule has 0 aliphatic rings. The lowest BCUT2D eigenvalue weighted by molar-refractivity contribution is -0.0726. The van der Waals surface area contributed by atoms with Gasteiger partial charge in [-0.1, -0.05) is 11.6 Å². The summed E-state index contributed by atoms with van der Waals surface area (Å²) in [7, 11) is 0. The Morgan fingerprint density at radius 3 is 2.44 bits per heavy atom. The lowest BCUT2D eigenvalue weighted by atomic mass is 10.0. The van der Waals surface area contributed by atoms with Crippen molar-refractivity contribution in [2.24, 2.45) is 5.73 Å². The van der Waals surface area contributed by atoms with Gasteiger partial charge in [-0.3, -0.25) is 0 Å². The second-order valence-electron chi connectivity index (χ2n) is 3.15. The lowest BCUT2D eigenvalue weighted by Gasteiger charge is -2.22. The van der Waals surface area contributed by atoms with Gasteiger partial charge in [-0.2, -0.15) is 0 Å². The van der Waals surface area contributed by atoms with Crippen molar-refractivity contribution in [1.82, 2.24) is 0 Å². The second kappa shape index (κ2) is 4.57. The number of aliphatic hydroxyl groups excluding tert-OH is 1. The number of benzene rings is 1. The average molecular weight is 258 g/mol. The van der Waals surface area contributed by atoms with Crippen molar-refractivity contribution in [3.05, 3.63) is 34.4 Å². The molecule has 0 bridgehead atoms. The fraction of sp³-hybridized carbons (Fsp3) is 0.333. The van der Waals surface area contributed by atoms with Crippen LogP contribution < -0.4 is 5.73 Å². The summed E-state index contributed by atoms with van der Waals surface area (Å²) in [6, 6.07) is -0.677. The fourth-order valence-corrected chi connectivity index (χ4v) is 1.30. The van der Waals surface area contributed by atoms with Gasteiger partial charge in [-0.15, -0.1) is 0 Å². The molecule has 1 atom stereocenters. The van der Waals surface area contributed by atoms with Crippen LogP contribution in [0.3, 0.4) is 0 Å². The molecule has 90 valence electrons. The molecule has 0 aliphatic carbocycles. The minimum atomic E-state index is -3.83. The molecule has 1 aromatic carbocycles. The molecular weight excluding hydrogens is 250 g/mol. The number of aliphatic hydroxyl groups is 1. The van der Waals surface area contributed by atoms with E-state index in [1.807, 2.05) is 0 Å². The lowest BCUT2D eigenvalue weighted by Crippen LogP contribution is -2.37. The smallest absolute Gasteiger partial charge is 0.289 e. The number of hydrogen-bond donors (Lipinski definition) is 2. The summed E-state index contributed by atoms with van der Waals surface area (Å²) in [6.45, 7) is -1.61. The fourth-order valence-electron chi connectivity index (χ4n) is 1.14. The van der Waals surface area contributed by atoms with Crippen molar-refractivity contribution in [1.29, 1.82) is 0 Å². The van der Waals surface area contributed by atoms with Crippen molar-refractivity contribution in [3.8, 4) is 0 Å². The van der Waals surface area contributed by atoms with E-state index in [1.54, 1.807) is 0 Å². The zero-order valence-electron chi connectivity index (χ0n) is 7.85. The van der Waals surface area contributed by atoms with Crippen molar-refractivity contribution in [2.45, 2.75) is 12.0 Å². The first-order chi connectivity index (χ1) is 7.31. The summed E-state index contributed by atoms with van der Waals surface area (Å²) in [5.41, 5.74) is 3.97. The maximum Gasteiger partial charge on any atom is 0.289 e. The Morgan fingerprint density at radius 2 is 1.94 bits per heavy atom. The van der Waals surface area contributed by atoms with Gasteiger partial charge in [0.1, 0.15) is 24.3 Å². The Bertz CT molecular complexity index is 399. The molecule has 16 heavy (non-hydrogen) atoms. The number of halogens is 5. The highest BCUT2D eigenvalue weighted by molar-refractivity contribution is 6.30. The Balaban J connectivity index is 3.28. The van der Waals surface area contributed by atoms with Crippen LogP contribution in [0.1, 0.15) is 11.6 Å². The zero-order chi connectivity index (χ0) is 12.5. The van der Waals surface area contributed by atoms with E-state index >= 15 is 0 Å². The topological polar surface area (TPSA) is 46.2 Å². The number of nitrogens with two attached hydrogens (primary N) is 1. The Morgan fingerprint density at radius 1 is 1.38 bits per heavy atom. The van der Waals surface area contributed by atoms with E-state index in [0.29, 0.717) is 0 Å². The highest BCUT2D eigenvalue weighted by Gasteiger charge is 2.40. The predicted octanol–water partition coefficient (Wildman–Crippen LogP) is 2.25. The van der Waals surface area contributed by atoms with Gasteiger partial charge in [0, 0.05) is 5.56 Å². The van der Waals surface area contributed by atoms with Gasteiger partial charge in [-0.25, -0.2) is 17.6 Å². The molecule has 1 aromatic rings. The average Bonchev–Trinajstić information content (AvgIpc) is 2.24. The van der Waals surface area contributed by atoms with Crippen LogP contribution in [0.2, 0.25) is 5.02 Å². The van der Waals surface area contributed by atoms with E-state index in [0.717, 1.165) is 12.1 Å². The van der Waals surface area contributed by atoms with Gasteiger partial charge in [-0.05, 0) is 12.1 Å². The number of hydrogen-bond acceptors (Lipinski definition) is 2. The molecule has 0 saturated heterocycles. The SMILES string of the molecule is N[C@@H](c1c(F)ccc(Cl)c1F)C(F)(F)CO. The molecule has 7 heteroatoms. The highest BCUT2D eigenvalue weighted by Crippen LogP contribution is 2.34. The van der Waals surface area contributed by atoms with Crippen LogP contribution in [0.5, 0.6) is 0 Å². The first kappa shape index (κ1) is 13.2. The van der Waals surface area contributed by atoms with E-state index in [-0.39, 0.29) is 0 Å². The van der Waals surface area contributed by atoms with Gasteiger partial charge < -0.3 is 10.8 Å². The monoisotopic (exact) mass is 257 g/mol. The molecule has 0 unspecified atom stereocenters. The maximum atomic E-state index is 13.3. The predicted molar refractivity (Wildman–Crippen MR) is 50.3 cm³/mol. The third kappa shape index (κ3) is 2.28. The molecular formula is C9H8ClF4NO. The van der Waals surface area contributed by atoms with Crippen molar-refractivity contribution in [2.75, 3.05) is 6.61 Å². The largest absolute Gasteiger partial charge is 0.390 e. The summed E-state index contributed by atoms with van der Waals surface area (Å²) in [5.74, 6) is -6.41. The Kier molecular flexibility index (Phi) is 3.77. The zero-order valence-corrected chi connectivity index (χ0v) is 8.61. The van der Waals surface area contributed by atoms with E-state index in [9.17, 15) is 17.6 Å². The molecule has 2 nitrogen and oxygen atoms in total. The molecule has 0 amide bonds. The molecule has 0 spiro atoms. The maximum absolute atomic E-state index is 13.3. The van der Waals surface area contributed by atoms with Crippen LogP contribution in [-0.2, 0) is 0 Å². The second-order valence-corrected chi connectivity index (χ2v) is 3.56. The molecule has 3 N–H and O–H groups in total. The van der Waals surface area contributed by atoms with Crippen LogP contribution in [0.15, 0.2) is 12.1 Å². The van der Waals surface area contributed by atoms with Crippen molar-refractivity contribution < 1.29 is 22.7 Å². The van der Waals surface area contributed by atoms with Crippen molar-refractivity contribution in [3.63, 3.8) is 0 Å². The van der Waals surface area contributed by atoms with E-state index in [2.05, 4.69) is 0 Å². The van der Waals surface area contributed by atoms with Gasteiger partial charge >= 0.3 is 0 Å². The molecule has 0 saturated carbocycles. The minimum absolute atomic E-state index is 0.513. The quantitative estimate of drug-likeness (QED) is 0.644. The molecule has 1 rings (SSSR count). The highest BCUT2D eigenvalue weighted by atomic mass is 35.5. The van der Waals surface area contributed by atoms with Gasteiger partial charge in [0.05, 0.1) is 5.02 Å². The van der Waals surface area contributed by atoms with Crippen LogP contribution in [0, 0.1) is 11.6 Å². The molecule has 0 heterocycles. The minimum Gasteiger partial charge on any atom is -0.390 e. The van der Waals surface area contributed by atoms with E-state index < -0.39 is 40.8 Å². The molecule has 0 aromatic heterocycles. The van der Waals surface area contributed by atoms with Crippen LogP contribution in [0.25, 0.3) is 0 Å². The summed E-state index contributed by atoms with van der Waals surface area (Å²) in [4.78, 5) is 0. The normalized spacial score (nSPS) is 13.9. The number of rotatable bonds is 3. The summed E-state index contributed by atoms with van der Waals surface area (Å²) in [5, 5.41) is 7.86. The Labute approximate surface area is 93.6 Å². The third-order valence-corrected chi connectivity index (χ3v) is 2.35. The van der Waals surface area contributed by atoms with E-state index in [4.69, 9.17) is 22.4 Å². The Hall–Kier alpha value is -0.850. The molecule has 0 radical (unpaired) electrons. The van der Waals surface area contributed by atoms with Gasteiger partial charge in [0.2, 0.25) is 0 Å². The summed E-state index contributed by atoms with van der Waals surface area (Å²) in [6.07, 6.45) is 0. The first-order valence-electron chi connectivity index (χ1n) is 4.19. The standard InChI is InChI=1S/C9H8ClF4NO/c10-4-1-2-5(11)6(7(4)12)8(15)9(13,14)3-16/h1-2,8,16H,3,15H2/t8-/m0/s1. The van der Waals surface area contributed by atoms with Crippen molar-refractivity contribution >= 4 is 11.6 Å². The third-order valence-electron chi connectivity index (χ3n) is 2.06. The molecule has 0 fully saturated rings. The van der Waals surface area contributed by atoms with E-state index in [1.165, 1.54) is 0 Å². The van der Waals surface area contributed by atoms with Crippen LogP contribution in [0.4, 0.5) is 17.6 Å². The van der Waals surface area contributed by atoms with Crippen LogP contribution >= 0.6 is 11.6 Å². The summed E-state index contributed by atoms with van der Waals surface area (Å²) < 4.78 is 52.4. The number of alkyl halides is 2. The summed E-state index contributed by atoms with van der Waals surface area (Å²) >= 11 is 5.32. The van der Waals surface area contributed by atoms with Crippen LogP contribution in [-0.4, -0.2) is 17.6 Å². The first-order valence-corrected chi connectivity index (χ1v) is 4.56. The van der Waals surface area contributed by atoms with Gasteiger partial charge in [0.25, 0.3) is 5.92 Å². The molecule has 0 aliphatic heterocycles. The van der Waals surface area contributed by atoms with Gasteiger partial charge in [0.15, 0.2) is 0 Å².